The van der Waals surface area contributed by atoms with Crippen molar-refractivity contribution in [2.75, 3.05) is 0 Å². The van der Waals surface area contributed by atoms with Crippen LogP contribution in [0.3, 0.4) is 0 Å². The first kappa shape index (κ1) is 13.9. The summed E-state index contributed by atoms with van der Waals surface area (Å²) in [6, 6.07) is 5.63. The number of rotatable bonds is 6. The lowest BCUT2D eigenvalue weighted by Gasteiger charge is -2.06. The summed E-state index contributed by atoms with van der Waals surface area (Å²) in [4.78, 5) is 4.27. The molecule has 2 rings (SSSR count). The number of unbranched alkanes of at least 4 members (excludes halogenated alkanes) is 1. The normalized spacial score (nSPS) is 10.7. The average Bonchev–Trinajstić information content (AvgIpc) is 2.85. The zero-order chi connectivity index (χ0) is 13.7. The summed E-state index contributed by atoms with van der Waals surface area (Å²) in [5, 5.41) is 4.49. The Morgan fingerprint density at radius 1 is 1.37 bits per heavy atom. The van der Waals surface area contributed by atoms with E-state index in [1.54, 1.807) is 0 Å². The van der Waals surface area contributed by atoms with Crippen LogP contribution in [0.5, 0.6) is 5.75 Å². The molecule has 5 heteroatoms. The summed E-state index contributed by atoms with van der Waals surface area (Å²) in [6.07, 6.45) is 3.01. The molecule has 19 heavy (non-hydrogen) atoms. The number of aromatic nitrogens is 2. The molecular formula is C14H17ClN2O2. The number of halogens is 1. The maximum atomic E-state index is 6.04. The molecule has 0 aliphatic carbocycles. The lowest BCUT2D eigenvalue weighted by atomic mass is 10.2. The number of ether oxygens (including phenoxy) is 1. The van der Waals surface area contributed by atoms with Crippen LogP contribution in [-0.2, 0) is 13.0 Å². The first-order valence-corrected chi connectivity index (χ1v) is 6.77. The molecule has 2 aromatic rings. The van der Waals surface area contributed by atoms with Crippen LogP contribution in [0.2, 0.25) is 5.02 Å². The molecule has 0 aliphatic heterocycles. The van der Waals surface area contributed by atoms with Crippen LogP contribution >= 0.6 is 11.6 Å². The van der Waals surface area contributed by atoms with Gasteiger partial charge in [-0.2, -0.15) is 4.98 Å². The number of hydrogen-bond acceptors (Lipinski definition) is 4. The van der Waals surface area contributed by atoms with E-state index in [1.807, 2.05) is 25.1 Å². The van der Waals surface area contributed by atoms with Gasteiger partial charge in [0.1, 0.15) is 5.75 Å². The van der Waals surface area contributed by atoms with Crippen molar-refractivity contribution in [1.29, 1.82) is 0 Å². The van der Waals surface area contributed by atoms with Crippen molar-refractivity contribution in [3.05, 3.63) is 40.5 Å². The van der Waals surface area contributed by atoms with Crippen molar-refractivity contribution < 1.29 is 9.26 Å². The largest absolute Gasteiger partial charge is 0.482 e. The summed E-state index contributed by atoms with van der Waals surface area (Å²) in [7, 11) is 0. The number of aryl methyl sites for hydroxylation is 2. The third kappa shape index (κ3) is 3.96. The third-order valence-electron chi connectivity index (χ3n) is 2.70. The minimum atomic E-state index is 0.238. The molecule has 4 nitrogen and oxygen atoms in total. The summed E-state index contributed by atoms with van der Waals surface area (Å²) in [5.41, 5.74) is 1.09. The highest BCUT2D eigenvalue weighted by molar-refractivity contribution is 6.32. The van der Waals surface area contributed by atoms with Crippen molar-refractivity contribution in [1.82, 2.24) is 10.1 Å². The monoisotopic (exact) mass is 280 g/mol. The highest BCUT2D eigenvalue weighted by Gasteiger charge is 2.08. The second kappa shape index (κ2) is 6.57. The molecule has 0 N–H and O–H groups in total. The fourth-order valence-corrected chi connectivity index (χ4v) is 1.82. The molecule has 0 bridgehead atoms. The van der Waals surface area contributed by atoms with E-state index in [0.29, 0.717) is 16.7 Å². The summed E-state index contributed by atoms with van der Waals surface area (Å²) in [5.74, 6) is 1.84. The van der Waals surface area contributed by atoms with E-state index in [-0.39, 0.29) is 6.61 Å². The number of benzene rings is 1. The van der Waals surface area contributed by atoms with Gasteiger partial charge in [-0.05, 0) is 31.0 Å². The Balaban J connectivity index is 1.94. The van der Waals surface area contributed by atoms with Gasteiger partial charge in [-0.15, -0.1) is 0 Å². The van der Waals surface area contributed by atoms with Crippen molar-refractivity contribution in [2.45, 2.75) is 39.7 Å². The van der Waals surface area contributed by atoms with Gasteiger partial charge in [0, 0.05) is 6.42 Å². The van der Waals surface area contributed by atoms with Crippen LogP contribution < -0.4 is 4.74 Å². The third-order valence-corrected chi connectivity index (χ3v) is 3.01. The molecule has 0 atom stereocenters. The maximum absolute atomic E-state index is 6.04. The molecule has 0 saturated carbocycles. The molecular weight excluding hydrogens is 264 g/mol. The van der Waals surface area contributed by atoms with Gasteiger partial charge in [-0.1, -0.05) is 36.2 Å². The zero-order valence-electron chi connectivity index (χ0n) is 11.1. The maximum Gasteiger partial charge on any atom is 0.264 e. The molecule has 0 amide bonds. The summed E-state index contributed by atoms with van der Waals surface area (Å²) < 4.78 is 10.7. The van der Waals surface area contributed by atoms with E-state index in [1.165, 1.54) is 0 Å². The van der Waals surface area contributed by atoms with Gasteiger partial charge in [-0.3, -0.25) is 0 Å². The Morgan fingerprint density at radius 3 is 3.00 bits per heavy atom. The molecule has 0 radical (unpaired) electrons. The van der Waals surface area contributed by atoms with Crippen molar-refractivity contribution in [3.63, 3.8) is 0 Å². The van der Waals surface area contributed by atoms with Crippen LogP contribution in [0.4, 0.5) is 0 Å². The lowest BCUT2D eigenvalue weighted by Crippen LogP contribution is -1.97. The van der Waals surface area contributed by atoms with Crippen LogP contribution in [-0.4, -0.2) is 10.1 Å². The van der Waals surface area contributed by atoms with Crippen LogP contribution in [0.15, 0.2) is 22.7 Å². The zero-order valence-corrected chi connectivity index (χ0v) is 11.9. The second-order valence-electron chi connectivity index (χ2n) is 4.43. The Labute approximate surface area is 117 Å². The minimum absolute atomic E-state index is 0.238. The smallest absolute Gasteiger partial charge is 0.264 e. The Morgan fingerprint density at radius 2 is 2.21 bits per heavy atom. The second-order valence-corrected chi connectivity index (χ2v) is 4.84. The van der Waals surface area contributed by atoms with Crippen molar-refractivity contribution in [2.24, 2.45) is 0 Å². The van der Waals surface area contributed by atoms with Gasteiger partial charge in [0.25, 0.3) is 5.89 Å². The van der Waals surface area contributed by atoms with E-state index >= 15 is 0 Å². The van der Waals surface area contributed by atoms with Gasteiger partial charge in [0.2, 0.25) is 0 Å². The fraction of sp³-hybridized carbons (Fsp3) is 0.429. The molecule has 0 spiro atoms. The molecule has 1 aromatic heterocycles. The van der Waals surface area contributed by atoms with Crippen LogP contribution in [0.1, 0.15) is 37.0 Å². The molecule has 1 heterocycles. The molecule has 1 aromatic carbocycles. The number of nitrogens with zero attached hydrogens (tertiary/aromatic N) is 2. The Kier molecular flexibility index (Phi) is 4.80. The topological polar surface area (TPSA) is 48.2 Å². The van der Waals surface area contributed by atoms with Gasteiger partial charge >= 0.3 is 0 Å². The SMILES string of the molecule is CCCCc1noc(COc2cc(C)ccc2Cl)n1. The molecule has 102 valence electrons. The van der Waals surface area contributed by atoms with Gasteiger partial charge in [0.15, 0.2) is 12.4 Å². The van der Waals surface area contributed by atoms with Crippen LogP contribution in [0, 0.1) is 6.92 Å². The summed E-state index contributed by atoms with van der Waals surface area (Å²) in [6.45, 7) is 4.35. The molecule has 0 saturated heterocycles. The number of hydrogen-bond donors (Lipinski definition) is 0. The molecule has 0 fully saturated rings. The fourth-order valence-electron chi connectivity index (χ4n) is 1.65. The quantitative estimate of drug-likeness (QED) is 0.804. The predicted octanol–water partition coefficient (Wildman–Crippen LogP) is 3.95. The highest BCUT2D eigenvalue weighted by Crippen LogP contribution is 2.25. The van der Waals surface area contributed by atoms with E-state index in [0.717, 1.165) is 30.7 Å². The summed E-state index contributed by atoms with van der Waals surface area (Å²) >= 11 is 6.04. The van der Waals surface area contributed by atoms with Gasteiger partial charge < -0.3 is 9.26 Å². The minimum Gasteiger partial charge on any atom is -0.482 e. The van der Waals surface area contributed by atoms with Gasteiger partial charge in [-0.25, -0.2) is 0 Å². The first-order chi connectivity index (χ1) is 9.19. The lowest BCUT2D eigenvalue weighted by molar-refractivity contribution is 0.242. The van der Waals surface area contributed by atoms with E-state index in [9.17, 15) is 0 Å². The van der Waals surface area contributed by atoms with Crippen molar-refractivity contribution in [3.8, 4) is 5.75 Å². The highest BCUT2D eigenvalue weighted by atomic mass is 35.5. The first-order valence-electron chi connectivity index (χ1n) is 6.39. The van der Waals surface area contributed by atoms with Crippen molar-refractivity contribution >= 4 is 11.6 Å². The predicted molar refractivity (Wildman–Crippen MR) is 73.4 cm³/mol. The van der Waals surface area contributed by atoms with Gasteiger partial charge in [0.05, 0.1) is 5.02 Å². The average molecular weight is 281 g/mol. The Hall–Kier alpha value is -1.55. The van der Waals surface area contributed by atoms with E-state index in [2.05, 4.69) is 17.1 Å². The van der Waals surface area contributed by atoms with E-state index in [4.69, 9.17) is 20.9 Å². The van der Waals surface area contributed by atoms with Crippen LogP contribution in [0.25, 0.3) is 0 Å². The standard InChI is InChI=1S/C14H17ClN2O2/c1-3-4-5-13-16-14(19-17-13)9-18-12-8-10(2)6-7-11(12)15/h6-8H,3-5,9H2,1-2H3. The van der Waals surface area contributed by atoms with E-state index < -0.39 is 0 Å². The molecule has 0 unspecified atom stereocenters. The molecule has 0 aliphatic rings. The Bertz CT molecular complexity index is 540.